The number of hydrogen-bond donors (Lipinski definition) is 1. The molecule has 1 aromatic carbocycles. The van der Waals surface area contributed by atoms with Gasteiger partial charge in [0.25, 0.3) is 5.91 Å². The number of halogens is 4. The number of carbonyl (C=O) groups is 1. The Labute approximate surface area is 110 Å². The molecule has 1 amide bonds. The van der Waals surface area contributed by atoms with Crippen LogP contribution in [0.3, 0.4) is 0 Å². The molecule has 2 aromatic rings. The van der Waals surface area contributed by atoms with Crippen molar-refractivity contribution in [2.45, 2.75) is 13.1 Å². The van der Waals surface area contributed by atoms with E-state index in [9.17, 15) is 22.4 Å². The lowest BCUT2D eigenvalue weighted by molar-refractivity contribution is -0.123. The van der Waals surface area contributed by atoms with Gasteiger partial charge in [-0.25, -0.2) is 4.39 Å². The number of rotatable bonds is 2. The van der Waals surface area contributed by atoms with Gasteiger partial charge in [-0.05, 0) is 24.6 Å². The standard InChI is InChI=1S/C12H9F4NOS/c1-6-9-7(13)3-2-4-8(9)19-10(6)11(18)17-5-12(14,15)16/h2-4H,5H2,1H3,(H,17,18). The van der Waals surface area contributed by atoms with Crippen LogP contribution in [0.15, 0.2) is 18.2 Å². The molecule has 0 aliphatic carbocycles. The van der Waals surface area contributed by atoms with Crippen molar-refractivity contribution in [3.63, 3.8) is 0 Å². The third kappa shape index (κ3) is 2.86. The Kier molecular flexibility index (Phi) is 3.49. The van der Waals surface area contributed by atoms with Crippen LogP contribution in [0, 0.1) is 12.7 Å². The van der Waals surface area contributed by atoms with Gasteiger partial charge in [-0.1, -0.05) is 6.07 Å². The van der Waals surface area contributed by atoms with Crippen LogP contribution in [0.5, 0.6) is 0 Å². The summed E-state index contributed by atoms with van der Waals surface area (Å²) in [6.45, 7) is 0.117. The number of amides is 1. The van der Waals surface area contributed by atoms with Crippen molar-refractivity contribution >= 4 is 27.3 Å². The molecule has 0 saturated carbocycles. The highest BCUT2D eigenvalue weighted by Gasteiger charge is 2.28. The van der Waals surface area contributed by atoms with Crippen LogP contribution in [0.4, 0.5) is 17.6 Å². The van der Waals surface area contributed by atoms with E-state index in [1.807, 2.05) is 0 Å². The van der Waals surface area contributed by atoms with Gasteiger partial charge in [0.05, 0.1) is 4.88 Å². The van der Waals surface area contributed by atoms with Gasteiger partial charge in [-0.2, -0.15) is 13.2 Å². The minimum Gasteiger partial charge on any atom is -0.342 e. The first-order chi connectivity index (χ1) is 8.79. The molecule has 0 radical (unpaired) electrons. The van der Waals surface area contributed by atoms with Gasteiger partial charge in [0.1, 0.15) is 12.4 Å². The molecule has 0 fully saturated rings. The summed E-state index contributed by atoms with van der Waals surface area (Å²) in [5, 5.41) is 2.07. The molecule has 0 spiro atoms. The lowest BCUT2D eigenvalue weighted by Crippen LogP contribution is -2.33. The van der Waals surface area contributed by atoms with Crippen LogP contribution in [0.1, 0.15) is 15.2 Å². The van der Waals surface area contributed by atoms with Gasteiger partial charge < -0.3 is 5.32 Å². The lowest BCUT2D eigenvalue weighted by Gasteiger charge is -2.07. The van der Waals surface area contributed by atoms with E-state index in [2.05, 4.69) is 0 Å². The molecule has 1 aromatic heterocycles. The SMILES string of the molecule is Cc1c(C(=O)NCC(F)(F)F)sc2cccc(F)c12. The van der Waals surface area contributed by atoms with E-state index in [0.29, 0.717) is 10.3 Å². The summed E-state index contributed by atoms with van der Waals surface area (Å²) in [5.74, 6) is -1.32. The van der Waals surface area contributed by atoms with Crippen LogP contribution in [0.25, 0.3) is 10.1 Å². The molecule has 2 rings (SSSR count). The molecule has 0 atom stereocenters. The highest BCUT2D eigenvalue weighted by molar-refractivity contribution is 7.21. The smallest absolute Gasteiger partial charge is 0.342 e. The Bertz CT molecular complexity index is 632. The molecule has 19 heavy (non-hydrogen) atoms. The molecular formula is C12H9F4NOS. The zero-order chi connectivity index (χ0) is 14.2. The Hall–Kier alpha value is -1.63. The summed E-state index contributed by atoms with van der Waals surface area (Å²) >= 11 is 0.977. The number of carbonyl (C=O) groups excluding carboxylic acids is 1. The summed E-state index contributed by atoms with van der Waals surface area (Å²) in [4.78, 5) is 11.8. The van der Waals surface area contributed by atoms with Gasteiger partial charge in [0.15, 0.2) is 0 Å². The van der Waals surface area contributed by atoms with Crippen LogP contribution in [0.2, 0.25) is 0 Å². The molecule has 0 unspecified atom stereocenters. The summed E-state index contributed by atoms with van der Waals surface area (Å²) < 4.78 is 50.2. The number of alkyl halides is 3. The molecule has 0 saturated heterocycles. The average molecular weight is 291 g/mol. The van der Waals surface area contributed by atoms with Gasteiger partial charge in [0.2, 0.25) is 0 Å². The van der Waals surface area contributed by atoms with Crippen molar-refractivity contribution < 1.29 is 22.4 Å². The third-order valence-electron chi connectivity index (χ3n) is 2.56. The summed E-state index contributed by atoms with van der Waals surface area (Å²) in [5.41, 5.74) is 0.359. The first-order valence-corrected chi connectivity index (χ1v) is 6.14. The molecule has 1 N–H and O–H groups in total. The van der Waals surface area contributed by atoms with E-state index in [1.165, 1.54) is 19.1 Å². The van der Waals surface area contributed by atoms with Crippen molar-refractivity contribution in [3.05, 3.63) is 34.5 Å². The highest BCUT2D eigenvalue weighted by Crippen LogP contribution is 2.32. The maximum absolute atomic E-state index is 13.6. The van der Waals surface area contributed by atoms with Crippen LogP contribution < -0.4 is 5.32 Å². The first kappa shape index (κ1) is 13.8. The van der Waals surface area contributed by atoms with E-state index in [-0.39, 0.29) is 10.3 Å². The predicted octanol–water partition coefficient (Wildman–Crippen LogP) is 3.64. The van der Waals surface area contributed by atoms with Crippen LogP contribution in [-0.2, 0) is 0 Å². The van der Waals surface area contributed by atoms with E-state index in [0.717, 1.165) is 11.3 Å². The van der Waals surface area contributed by atoms with E-state index < -0.39 is 24.4 Å². The maximum atomic E-state index is 13.6. The Morgan fingerprint density at radius 1 is 1.37 bits per heavy atom. The quantitative estimate of drug-likeness (QED) is 0.841. The van der Waals surface area contributed by atoms with Crippen molar-refractivity contribution in [2.75, 3.05) is 6.54 Å². The highest BCUT2D eigenvalue weighted by atomic mass is 32.1. The zero-order valence-corrected chi connectivity index (χ0v) is 10.6. The van der Waals surface area contributed by atoms with Gasteiger partial charge in [-0.3, -0.25) is 4.79 Å². The Morgan fingerprint density at radius 3 is 2.63 bits per heavy atom. The van der Waals surface area contributed by atoms with Gasteiger partial charge in [-0.15, -0.1) is 11.3 Å². The Balaban J connectivity index is 2.33. The summed E-state index contributed by atoms with van der Waals surface area (Å²) in [6, 6.07) is 4.36. The Morgan fingerprint density at radius 2 is 2.05 bits per heavy atom. The molecule has 7 heteroatoms. The summed E-state index contributed by atoms with van der Waals surface area (Å²) in [6.07, 6.45) is -4.47. The molecule has 0 bridgehead atoms. The molecule has 0 aliphatic heterocycles. The van der Waals surface area contributed by atoms with E-state index in [1.54, 1.807) is 11.4 Å². The second-order valence-corrected chi connectivity index (χ2v) is 5.02. The molecule has 2 nitrogen and oxygen atoms in total. The normalized spacial score (nSPS) is 11.8. The van der Waals surface area contributed by atoms with Crippen LogP contribution in [-0.4, -0.2) is 18.6 Å². The molecular weight excluding hydrogens is 282 g/mol. The number of aryl methyl sites for hydroxylation is 1. The van der Waals surface area contributed by atoms with Crippen molar-refractivity contribution in [1.29, 1.82) is 0 Å². The number of benzene rings is 1. The number of thiophene rings is 1. The third-order valence-corrected chi connectivity index (χ3v) is 3.81. The van der Waals surface area contributed by atoms with Crippen molar-refractivity contribution in [2.24, 2.45) is 0 Å². The van der Waals surface area contributed by atoms with Crippen molar-refractivity contribution in [3.8, 4) is 0 Å². The molecule has 1 heterocycles. The minimum atomic E-state index is -4.47. The lowest BCUT2D eigenvalue weighted by atomic mass is 10.1. The summed E-state index contributed by atoms with van der Waals surface area (Å²) in [7, 11) is 0. The average Bonchev–Trinajstić information content (AvgIpc) is 2.64. The van der Waals surface area contributed by atoms with Crippen molar-refractivity contribution in [1.82, 2.24) is 5.32 Å². The van der Waals surface area contributed by atoms with E-state index >= 15 is 0 Å². The number of fused-ring (bicyclic) bond motifs is 1. The van der Waals surface area contributed by atoms with Gasteiger partial charge >= 0.3 is 6.18 Å². The van der Waals surface area contributed by atoms with E-state index in [4.69, 9.17) is 0 Å². The monoisotopic (exact) mass is 291 g/mol. The minimum absolute atomic E-state index is 0.101. The largest absolute Gasteiger partial charge is 0.405 e. The second kappa shape index (κ2) is 4.80. The van der Waals surface area contributed by atoms with Crippen LogP contribution >= 0.6 is 11.3 Å². The molecule has 102 valence electrons. The maximum Gasteiger partial charge on any atom is 0.405 e. The molecule has 0 aliphatic rings. The number of hydrogen-bond acceptors (Lipinski definition) is 2. The fourth-order valence-corrected chi connectivity index (χ4v) is 2.87. The fraction of sp³-hybridized carbons (Fsp3) is 0.250. The predicted molar refractivity (Wildman–Crippen MR) is 64.9 cm³/mol. The first-order valence-electron chi connectivity index (χ1n) is 5.32. The number of nitrogens with one attached hydrogen (secondary N) is 1. The second-order valence-electron chi connectivity index (χ2n) is 3.97. The van der Waals surface area contributed by atoms with Gasteiger partial charge in [0, 0.05) is 10.1 Å². The topological polar surface area (TPSA) is 29.1 Å². The fourth-order valence-electron chi connectivity index (χ4n) is 1.73. The zero-order valence-electron chi connectivity index (χ0n) is 9.77.